The van der Waals surface area contributed by atoms with Crippen molar-refractivity contribution in [3.05, 3.63) is 64.2 Å². The second kappa shape index (κ2) is 7.73. The van der Waals surface area contributed by atoms with E-state index in [9.17, 15) is 24.8 Å². The maximum absolute atomic E-state index is 11.9. The summed E-state index contributed by atoms with van der Waals surface area (Å²) in [6, 6.07) is 11.9. The predicted octanol–water partition coefficient (Wildman–Crippen LogP) is 0.905. The van der Waals surface area contributed by atoms with Gasteiger partial charge in [-0.2, -0.15) is 0 Å². The van der Waals surface area contributed by atoms with Gasteiger partial charge >= 0.3 is 0 Å². The van der Waals surface area contributed by atoms with Crippen molar-refractivity contribution < 1.29 is 24.4 Å². The Morgan fingerprint density at radius 2 is 1.67 bits per heavy atom. The maximum Gasteiger partial charge on any atom is 0.269 e. The van der Waals surface area contributed by atoms with Gasteiger partial charge in [0.1, 0.15) is 12.4 Å². The molecule has 2 aromatic rings. The summed E-state index contributed by atoms with van der Waals surface area (Å²) >= 11 is 0. The molecule has 24 heavy (non-hydrogen) atoms. The minimum atomic E-state index is -1.32. The monoisotopic (exact) mass is 329 g/mol. The van der Waals surface area contributed by atoms with E-state index in [1.54, 1.807) is 12.1 Å². The summed E-state index contributed by atoms with van der Waals surface area (Å²) in [4.78, 5) is 32.3. The summed E-state index contributed by atoms with van der Waals surface area (Å²) in [5.74, 6) is -1.27. The number of aliphatic carboxylic acids is 1. The van der Waals surface area contributed by atoms with Crippen LogP contribution in [0.5, 0.6) is 5.75 Å². The van der Waals surface area contributed by atoms with Crippen LogP contribution in [0.15, 0.2) is 48.5 Å². The highest BCUT2D eigenvalue weighted by molar-refractivity contribution is 5.92. The molecule has 0 saturated heterocycles. The molecule has 0 unspecified atom stereocenters. The van der Waals surface area contributed by atoms with Crippen molar-refractivity contribution in [3.8, 4) is 5.75 Å². The quantitative estimate of drug-likeness (QED) is 0.595. The van der Waals surface area contributed by atoms with Gasteiger partial charge in [0.15, 0.2) is 0 Å². The molecular weight excluding hydrogens is 316 g/mol. The molecule has 0 radical (unpaired) electrons. The fourth-order valence-corrected chi connectivity index (χ4v) is 1.90. The van der Waals surface area contributed by atoms with Crippen LogP contribution < -0.4 is 15.2 Å². The van der Waals surface area contributed by atoms with Crippen molar-refractivity contribution in [3.63, 3.8) is 0 Å². The number of nitrogens with zero attached hydrogens (tertiary/aromatic N) is 1. The molecule has 0 aliphatic heterocycles. The number of non-ortho nitro benzene ring substituents is 1. The van der Waals surface area contributed by atoms with E-state index in [-0.39, 0.29) is 18.0 Å². The fourth-order valence-electron chi connectivity index (χ4n) is 1.90. The zero-order chi connectivity index (χ0) is 17.5. The van der Waals surface area contributed by atoms with Crippen molar-refractivity contribution in [1.29, 1.82) is 0 Å². The highest BCUT2D eigenvalue weighted by Gasteiger charge is 2.08. The number of carboxylic acids is 1. The summed E-state index contributed by atoms with van der Waals surface area (Å²) in [6.45, 7) is -0.550. The lowest BCUT2D eigenvalue weighted by Gasteiger charge is -2.08. The third-order valence-electron chi connectivity index (χ3n) is 3.01. The first-order valence-corrected chi connectivity index (χ1v) is 6.90. The van der Waals surface area contributed by atoms with E-state index < -0.39 is 17.5 Å². The zero-order valence-corrected chi connectivity index (χ0v) is 12.4. The van der Waals surface area contributed by atoms with Gasteiger partial charge < -0.3 is 20.0 Å². The van der Waals surface area contributed by atoms with E-state index in [1.165, 1.54) is 36.4 Å². The number of amides is 1. The predicted molar refractivity (Wildman–Crippen MR) is 82.4 cm³/mol. The van der Waals surface area contributed by atoms with Gasteiger partial charge in [0.2, 0.25) is 5.91 Å². The number of nitrogens with one attached hydrogen (secondary N) is 1. The molecule has 1 amide bonds. The normalized spacial score (nSPS) is 10.0. The number of rotatable bonds is 7. The molecule has 0 heterocycles. The minimum Gasteiger partial charge on any atom is -0.546 e. The largest absolute Gasteiger partial charge is 0.546 e. The number of ether oxygens (including phenoxy) is 1. The topological polar surface area (TPSA) is 122 Å². The second-order valence-corrected chi connectivity index (χ2v) is 4.83. The van der Waals surface area contributed by atoms with Crippen LogP contribution >= 0.6 is 0 Å². The van der Waals surface area contributed by atoms with Crippen molar-refractivity contribution in [2.24, 2.45) is 0 Å². The fraction of sp³-hybridized carbons (Fsp3) is 0.125. The van der Waals surface area contributed by atoms with Gasteiger partial charge in [0.25, 0.3) is 5.69 Å². The van der Waals surface area contributed by atoms with Crippen LogP contribution in [0.25, 0.3) is 0 Å². The van der Waals surface area contributed by atoms with Gasteiger partial charge in [0, 0.05) is 17.8 Å². The Kier molecular flexibility index (Phi) is 5.45. The van der Waals surface area contributed by atoms with Gasteiger partial charge in [-0.25, -0.2) is 0 Å². The summed E-state index contributed by atoms with van der Waals surface area (Å²) in [5.41, 5.74) is 1.13. The average molecular weight is 329 g/mol. The number of hydrogen-bond acceptors (Lipinski definition) is 6. The van der Waals surface area contributed by atoms with Crippen LogP contribution in [0.1, 0.15) is 5.56 Å². The number of carbonyl (C=O) groups is 2. The third-order valence-corrected chi connectivity index (χ3v) is 3.01. The molecule has 2 rings (SSSR count). The molecule has 0 aliphatic rings. The van der Waals surface area contributed by atoms with Gasteiger partial charge in [-0.1, -0.05) is 12.1 Å². The minimum absolute atomic E-state index is 0.0358. The number of nitro benzene ring substituents is 1. The van der Waals surface area contributed by atoms with E-state index in [4.69, 9.17) is 4.74 Å². The number of carboxylic acid groups (broad SMARTS) is 1. The van der Waals surface area contributed by atoms with E-state index in [1.807, 2.05) is 0 Å². The van der Waals surface area contributed by atoms with Crippen LogP contribution in [-0.4, -0.2) is 23.4 Å². The Bertz CT molecular complexity index is 740. The molecule has 0 saturated carbocycles. The van der Waals surface area contributed by atoms with Crippen LogP contribution in [0.2, 0.25) is 0 Å². The number of anilines is 1. The first-order chi connectivity index (χ1) is 11.4. The van der Waals surface area contributed by atoms with Crippen molar-refractivity contribution in [1.82, 2.24) is 0 Å². The van der Waals surface area contributed by atoms with Gasteiger partial charge in [0.05, 0.1) is 17.3 Å². The van der Waals surface area contributed by atoms with Crippen LogP contribution in [-0.2, 0) is 16.0 Å². The Labute approximate surface area is 136 Å². The highest BCUT2D eigenvalue weighted by Crippen LogP contribution is 2.16. The summed E-state index contributed by atoms with van der Waals surface area (Å²) in [5, 5.41) is 23.5. The molecule has 8 nitrogen and oxygen atoms in total. The molecule has 8 heteroatoms. The Morgan fingerprint density at radius 1 is 1.04 bits per heavy atom. The summed E-state index contributed by atoms with van der Waals surface area (Å²) in [7, 11) is 0. The lowest BCUT2D eigenvalue weighted by atomic mass is 10.1. The standard InChI is InChI=1S/C16H14N2O6/c19-15(9-11-1-5-13(6-2-11)18(22)23)17-12-3-7-14(8-4-12)24-10-16(20)21/h1-8H,9-10H2,(H,17,19)(H,20,21)/p-1. The Morgan fingerprint density at radius 3 is 2.21 bits per heavy atom. The van der Waals surface area contributed by atoms with Crippen LogP contribution in [0.4, 0.5) is 11.4 Å². The lowest BCUT2D eigenvalue weighted by Crippen LogP contribution is -2.28. The Balaban J connectivity index is 1.89. The smallest absolute Gasteiger partial charge is 0.269 e. The molecule has 2 aromatic carbocycles. The molecule has 124 valence electrons. The molecule has 0 aliphatic carbocycles. The second-order valence-electron chi connectivity index (χ2n) is 4.83. The molecule has 0 atom stereocenters. The highest BCUT2D eigenvalue weighted by atomic mass is 16.6. The molecule has 0 bridgehead atoms. The third kappa shape index (κ3) is 5.09. The lowest BCUT2D eigenvalue weighted by molar-refractivity contribution is -0.384. The number of benzene rings is 2. The van der Waals surface area contributed by atoms with Gasteiger partial charge in [-0.3, -0.25) is 14.9 Å². The van der Waals surface area contributed by atoms with E-state index >= 15 is 0 Å². The molecule has 0 fully saturated rings. The van der Waals surface area contributed by atoms with Crippen molar-refractivity contribution >= 4 is 23.3 Å². The Hall–Kier alpha value is -3.42. The molecule has 0 spiro atoms. The first-order valence-electron chi connectivity index (χ1n) is 6.90. The van der Waals surface area contributed by atoms with Crippen molar-refractivity contribution in [2.45, 2.75) is 6.42 Å². The average Bonchev–Trinajstić information content (AvgIpc) is 2.54. The van der Waals surface area contributed by atoms with Crippen LogP contribution in [0, 0.1) is 10.1 Å². The SMILES string of the molecule is O=C([O-])COc1ccc(NC(=O)Cc2ccc([N+](=O)[O-])cc2)cc1. The molecular formula is C16H13N2O6-. The van der Waals surface area contributed by atoms with E-state index in [2.05, 4.69) is 5.32 Å². The van der Waals surface area contributed by atoms with E-state index in [0.717, 1.165) is 0 Å². The molecule has 1 N–H and O–H groups in total. The summed E-state index contributed by atoms with van der Waals surface area (Å²) < 4.78 is 4.92. The van der Waals surface area contributed by atoms with Gasteiger partial charge in [-0.05, 0) is 29.8 Å². The zero-order valence-electron chi connectivity index (χ0n) is 12.4. The number of carbonyl (C=O) groups excluding carboxylic acids is 2. The number of nitro groups is 1. The first kappa shape index (κ1) is 16.9. The summed E-state index contributed by atoms with van der Waals surface area (Å²) in [6.07, 6.45) is 0.0704. The van der Waals surface area contributed by atoms with Crippen LogP contribution in [0.3, 0.4) is 0 Å². The van der Waals surface area contributed by atoms with Gasteiger partial charge in [-0.15, -0.1) is 0 Å². The number of hydrogen-bond donors (Lipinski definition) is 1. The van der Waals surface area contributed by atoms with E-state index in [0.29, 0.717) is 17.0 Å². The molecule has 0 aromatic heterocycles. The maximum atomic E-state index is 11.9. The van der Waals surface area contributed by atoms with Crippen molar-refractivity contribution in [2.75, 3.05) is 11.9 Å².